The summed E-state index contributed by atoms with van der Waals surface area (Å²) in [5.41, 5.74) is 5.07. The van der Waals surface area contributed by atoms with E-state index in [0.29, 0.717) is 18.9 Å². The van der Waals surface area contributed by atoms with Crippen LogP contribution in [0.5, 0.6) is 0 Å². The molecule has 5 nitrogen and oxygen atoms in total. The summed E-state index contributed by atoms with van der Waals surface area (Å²) in [4.78, 5) is 23.1. The van der Waals surface area contributed by atoms with E-state index in [1.54, 1.807) is 20.8 Å². The summed E-state index contributed by atoms with van der Waals surface area (Å²) in [6, 6.07) is -0.853. The molecule has 4 N–H and O–H groups in total. The van der Waals surface area contributed by atoms with E-state index in [2.05, 4.69) is 12.2 Å². The molecule has 0 aromatic rings. The molecule has 5 heteroatoms. The summed E-state index contributed by atoms with van der Waals surface area (Å²) in [5.74, 6) is -0.725. The zero-order valence-corrected chi connectivity index (χ0v) is 13.2. The van der Waals surface area contributed by atoms with Gasteiger partial charge in [-0.2, -0.15) is 0 Å². The molecule has 0 spiro atoms. The lowest BCUT2D eigenvalue weighted by Crippen LogP contribution is -2.49. The zero-order valence-electron chi connectivity index (χ0n) is 13.2. The summed E-state index contributed by atoms with van der Waals surface area (Å²) in [7, 11) is 0. The monoisotopic (exact) mass is 286 g/mol. The van der Waals surface area contributed by atoms with Crippen molar-refractivity contribution in [2.75, 3.05) is 6.54 Å². The summed E-state index contributed by atoms with van der Waals surface area (Å²) < 4.78 is 0. The van der Waals surface area contributed by atoms with Gasteiger partial charge in [-0.3, -0.25) is 4.79 Å². The van der Waals surface area contributed by atoms with Crippen molar-refractivity contribution < 1.29 is 14.7 Å². The first-order chi connectivity index (χ1) is 9.22. The van der Waals surface area contributed by atoms with Crippen LogP contribution in [-0.2, 0) is 9.59 Å². The maximum absolute atomic E-state index is 11.9. The standard InChI is InChI=1S/C15H30N2O3/c1-5-6-11(9-10-16)7-8-12(18)17-13(14(19)20)15(2,3)4/h11,13H,5-10,16H2,1-4H3,(H,17,18)(H,19,20)/t11?,13-/m1/s1. The highest BCUT2D eigenvalue weighted by molar-refractivity contribution is 5.84. The van der Waals surface area contributed by atoms with Gasteiger partial charge in [0.1, 0.15) is 6.04 Å². The molecule has 0 fully saturated rings. The van der Waals surface area contributed by atoms with E-state index < -0.39 is 17.4 Å². The Morgan fingerprint density at radius 3 is 2.20 bits per heavy atom. The number of carbonyl (C=O) groups is 2. The Bertz CT molecular complexity index is 305. The van der Waals surface area contributed by atoms with Gasteiger partial charge >= 0.3 is 5.97 Å². The van der Waals surface area contributed by atoms with Crippen molar-refractivity contribution in [1.29, 1.82) is 0 Å². The molecule has 0 aliphatic heterocycles. The van der Waals surface area contributed by atoms with Crippen molar-refractivity contribution in [2.45, 2.75) is 65.8 Å². The van der Waals surface area contributed by atoms with E-state index in [9.17, 15) is 14.7 Å². The number of rotatable bonds is 9. The van der Waals surface area contributed by atoms with Crippen LogP contribution in [0.4, 0.5) is 0 Å². The van der Waals surface area contributed by atoms with Crippen LogP contribution in [0.25, 0.3) is 0 Å². The second kappa shape index (κ2) is 8.95. The van der Waals surface area contributed by atoms with Gasteiger partial charge in [0.25, 0.3) is 0 Å². The van der Waals surface area contributed by atoms with E-state index in [4.69, 9.17) is 5.73 Å². The Labute approximate surface area is 122 Å². The molecule has 0 rings (SSSR count). The minimum atomic E-state index is -0.988. The Kier molecular flexibility index (Phi) is 8.46. The molecule has 20 heavy (non-hydrogen) atoms. The molecular formula is C15H30N2O3. The Morgan fingerprint density at radius 2 is 1.80 bits per heavy atom. The number of hydrogen-bond donors (Lipinski definition) is 3. The first-order valence-electron chi connectivity index (χ1n) is 7.44. The minimum absolute atomic E-state index is 0.189. The Balaban J connectivity index is 4.36. The third kappa shape index (κ3) is 7.48. The highest BCUT2D eigenvalue weighted by Gasteiger charge is 2.32. The molecule has 118 valence electrons. The Morgan fingerprint density at radius 1 is 1.20 bits per heavy atom. The summed E-state index contributed by atoms with van der Waals surface area (Å²) >= 11 is 0. The van der Waals surface area contributed by atoms with Gasteiger partial charge in [0, 0.05) is 6.42 Å². The van der Waals surface area contributed by atoms with Crippen LogP contribution < -0.4 is 11.1 Å². The maximum atomic E-state index is 11.9. The number of hydrogen-bond acceptors (Lipinski definition) is 3. The van der Waals surface area contributed by atoms with Gasteiger partial charge < -0.3 is 16.2 Å². The van der Waals surface area contributed by atoms with Crippen LogP contribution in [0.3, 0.4) is 0 Å². The summed E-state index contributed by atoms with van der Waals surface area (Å²) in [5, 5.41) is 11.8. The van der Waals surface area contributed by atoms with Gasteiger partial charge in [-0.15, -0.1) is 0 Å². The molecule has 0 saturated carbocycles. The normalized spacial score (nSPS) is 14.7. The van der Waals surface area contributed by atoms with E-state index in [1.165, 1.54) is 0 Å². The van der Waals surface area contributed by atoms with Crippen LogP contribution in [0.1, 0.15) is 59.8 Å². The molecular weight excluding hydrogens is 256 g/mol. The van der Waals surface area contributed by atoms with Crippen molar-refractivity contribution in [2.24, 2.45) is 17.1 Å². The van der Waals surface area contributed by atoms with Gasteiger partial charge in [-0.1, -0.05) is 40.5 Å². The Hall–Kier alpha value is -1.10. The van der Waals surface area contributed by atoms with Crippen LogP contribution in [0.15, 0.2) is 0 Å². The lowest BCUT2D eigenvalue weighted by molar-refractivity contribution is -0.145. The number of aliphatic carboxylic acids is 1. The van der Waals surface area contributed by atoms with Crippen LogP contribution >= 0.6 is 0 Å². The fourth-order valence-corrected chi connectivity index (χ4v) is 2.29. The molecule has 0 saturated heterocycles. The quantitative estimate of drug-likeness (QED) is 0.605. The highest BCUT2D eigenvalue weighted by atomic mass is 16.4. The lowest BCUT2D eigenvalue weighted by atomic mass is 9.86. The van der Waals surface area contributed by atoms with Gasteiger partial charge in [0.05, 0.1) is 0 Å². The predicted octanol–water partition coefficient (Wildman–Crippen LogP) is 2.15. The highest BCUT2D eigenvalue weighted by Crippen LogP contribution is 2.21. The third-order valence-electron chi connectivity index (χ3n) is 3.47. The molecule has 1 unspecified atom stereocenters. The molecule has 0 aliphatic carbocycles. The molecule has 0 bridgehead atoms. The minimum Gasteiger partial charge on any atom is -0.480 e. The SMILES string of the molecule is CCCC(CCN)CCC(=O)N[C@H](C(=O)O)C(C)(C)C. The first-order valence-corrected chi connectivity index (χ1v) is 7.44. The number of nitrogens with one attached hydrogen (secondary N) is 1. The van der Waals surface area contributed by atoms with Gasteiger partial charge in [0.15, 0.2) is 0 Å². The molecule has 0 aromatic carbocycles. The predicted molar refractivity (Wildman–Crippen MR) is 80.3 cm³/mol. The van der Waals surface area contributed by atoms with E-state index in [1.807, 2.05) is 0 Å². The molecule has 0 radical (unpaired) electrons. The van der Waals surface area contributed by atoms with Crippen molar-refractivity contribution in [3.63, 3.8) is 0 Å². The fraction of sp³-hybridized carbons (Fsp3) is 0.867. The van der Waals surface area contributed by atoms with Gasteiger partial charge in [0.2, 0.25) is 5.91 Å². The van der Waals surface area contributed by atoms with Crippen LogP contribution in [-0.4, -0.2) is 29.6 Å². The smallest absolute Gasteiger partial charge is 0.326 e. The third-order valence-corrected chi connectivity index (χ3v) is 3.47. The van der Waals surface area contributed by atoms with Gasteiger partial charge in [-0.25, -0.2) is 4.79 Å². The molecule has 0 heterocycles. The number of carboxylic acid groups (broad SMARTS) is 1. The van der Waals surface area contributed by atoms with E-state index in [-0.39, 0.29) is 5.91 Å². The zero-order chi connectivity index (χ0) is 15.8. The summed E-state index contributed by atoms with van der Waals surface area (Å²) in [6.07, 6.45) is 4.19. The largest absolute Gasteiger partial charge is 0.480 e. The van der Waals surface area contributed by atoms with Crippen LogP contribution in [0, 0.1) is 11.3 Å². The first kappa shape index (κ1) is 18.9. The maximum Gasteiger partial charge on any atom is 0.326 e. The number of nitrogens with two attached hydrogens (primary N) is 1. The molecule has 1 amide bonds. The van der Waals surface area contributed by atoms with Gasteiger partial charge in [-0.05, 0) is 30.7 Å². The number of carboxylic acids is 1. The topological polar surface area (TPSA) is 92.4 Å². The van der Waals surface area contributed by atoms with Crippen LogP contribution in [0.2, 0.25) is 0 Å². The molecule has 2 atom stereocenters. The van der Waals surface area contributed by atoms with Crippen molar-refractivity contribution in [3.8, 4) is 0 Å². The van der Waals surface area contributed by atoms with Crippen molar-refractivity contribution in [1.82, 2.24) is 5.32 Å². The van der Waals surface area contributed by atoms with E-state index >= 15 is 0 Å². The molecule has 0 aliphatic rings. The summed E-state index contributed by atoms with van der Waals surface area (Å²) in [6.45, 7) is 8.16. The van der Waals surface area contributed by atoms with E-state index in [0.717, 1.165) is 25.7 Å². The van der Waals surface area contributed by atoms with Crippen molar-refractivity contribution in [3.05, 3.63) is 0 Å². The average Bonchev–Trinajstić information content (AvgIpc) is 2.31. The number of amides is 1. The second-order valence-corrected chi connectivity index (χ2v) is 6.48. The fourth-order valence-electron chi connectivity index (χ4n) is 2.29. The lowest BCUT2D eigenvalue weighted by Gasteiger charge is -2.28. The molecule has 0 aromatic heterocycles. The number of carbonyl (C=O) groups excluding carboxylic acids is 1. The van der Waals surface area contributed by atoms with Crippen molar-refractivity contribution >= 4 is 11.9 Å². The second-order valence-electron chi connectivity index (χ2n) is 6.48. The average molecular weight is 286 g/mol.